The summed E-state index contributed by atoms with van der Waals surface area (Å²) in [5.41, 5.74) is 0.671. The molecule has 0 radical (unpaired) electrons. The zero-order valence-corrected chi connectivity index (χ0v) is 11.9. The van der Waals surface area contributed by atoms with Crippen LogP contribution in [0.4, 0.5) is 4.39 Å². The van der Waals surface area contributed by atoms with Gasteiger partial charge in [-0.15, -0.1) is 0 Å². The Hall–Kier alpha value is -0.250. The van der Waals surface area contributed by atoms with Crippen molar-refractivity contribution in [2.24, 2.45) is 0 Å². The van der Waals surface area contributed by atoms with E-state index < -0.39 is 0 Å². The van der Waals surface area contributed by atoms with Crippen LogP contribution in [0.2, 0.25) is 5.02 Å². The van der Waals surface area contributed by atoms with Crippen molar-refractivity contribution in [1.29, 1.82) is 0 Å². The maximum absolute atomic E-state index is 13.5. The molecule has 1 atom stereocenters. The first-order chi connectivity index (χ1) is 8.13. The molecule has 0 spiro atoms. The lowest BCUT2D eigenvalue weighted by Crippen LogP contribution is -2.26. The van der Waals surface area contributed by atoms with Crippen molar-refractivity contribution in [3.8, 4) is 0 Å². The molecule has 0 fully saturated rings. The Kier molecular flexibility index (Phi) is 6.93. The molecule has 17 heavy (non-hydrogen) atoms. The molecule has 0 bridgehead atoms. The SMILES string of the molecule is CCSCCC(C)NCc1ccc(Cl)cc1F. The molecule has 4 heteroatoms. The fourth-order valence-electron chi connectivity index (χ4n) is 1.46. The quantitative estimate of drug-likeness (QED) is 0.752. The summed E-state index contributed by atoms with van der Waals surface area (Å²) in [6.45, 7) is 4.84. The molecule has 1 unspecified atom stereocenters. The molecule has 1 rings (SSSR count). The number of halogens is 2. The number of hydrogen-bond acceptors (Lipinski definition) is 2. The Bertz CT molecular complexity index is 346. The van der Waals surface area contributed by atoms with Gasteiger partial charge in [-0.25, -0.2) is 4.39 Å². The number of hydrogen-bond donors (Lipinski definition) is 1. The average molecular weight is 276 g/mol. The van der Waals surface area contributed by atoms with E-state index in [2.05, 4.69) is 19.2 Å². The van der Waals surface area contributed by atoms with Crippen molar-refractivity contribution in [3.63, 3.8) is 0 Å². The van der Waals surface area contributed by atoms with Gasteiger partial charge in [0, 0.05) is 23.2 Å². The second-order valence-corrected chi connectivity index (χ2v) is 5.83. The summed E-state index contributed by atoms with van der Waals surface area (Å²) in [5, 5.41) is 3.76. The molecule has 96 valence electrons. The third-order valence-electron chi connectivity index (χ3n) is 2.56. The Balaban J connectivity index is 2.34. The Morgan fingerprint density at radius 2 is 2.24 bits per heavy atom. The lowest BCUT2D eigenvalue weighted by Gasteiger charge is -2.13. The highest BCUT2D eigenvalue weighted by Gasteiger charge is 2.05. The monoisotopic (exact) mass is 275 g/mol. The number of thioether (sulfide) groups is 1. The highest BCUT2D eigenvalue weighted by molar-refractivity contribution is 7.99. The van der Waals surface area contributed by atoms with Gasteiger partial charge in [-0.2, -0.15) is 11.8 Å². The molecule has 0 aliphatic rings. The summed E-state index contributed by atoms with van der Waals surface area (Å²) in [5.74, 6) is 2.06. The third-order valence-corrected chi connectivity index (χ3v) is 3.72. The summed E-state index contributed by atoms with van der Waals surface area (Å²) in [6.07, 6.45) is 1.10. The normalized spacial score (nSPS) is 12.7. The summed E-state index contributed by atoms with van der Waals surface area (Å²) in [7, 11) is 0. The topological polar surface area (TPSA) is 12.0 Å². The van der Waals surface area contributed by atoms with Crippen LogP contribution >= 0.6 is 23.4 Å². The molecule has 0 saturated heterocycles. The highest BCUT2D eigenvalue weighted by Crippen LogP contribution is 2.14. The van der Waals surface area contributed by atoms with Gasteiger partial charge in [-0.05, 0) is 37.0 Å². The Morgan fingerprint density at radius 3 is 2.88 bits per heavy atom. The average Bonchev–Trinajstić information content (AvgIpc) is 2.28. The molecule has 1 N–H and O–H groups in total. The molecule has 1 aromatic rings. The van der Waals surface area contributed by atoms with Gasteiger partial charge in [0.05, 0.1) is 0 Å². The van der Waals surface area contributed by atoms with Crippen LogP contribution in [0.1, 0.15) is 25.8 Å². The summed E-state index contributed by atoms with van der Waals surface area (Å²) >= 11 is 7.63. The number of benzene rings is 1. The number of rotatable bonds is 7. The minimum atomic E-state index is -0.236. The van der Waals surface area contributed by atoms with E-state index in [0.717, 1.165) is 17.9 Å². The Morgan fingerprint density at radius 1 is 1.47 bits per heavy atom. The zero-order valence-electron chi connectivity index (χ0n) is 10.3. The van der Waals surface area contributed by atoms with Gasteiger partial charge in [0.2, 0.25) is 0 Å². The van der Waals surface area contributed by atoms with E-state index in [1.165, 1.54) is 6.07 Å². The fraction of sp³-hybridized carbons (Fsp3) is 0.538. The lowest BCUT2D eigenvalue weighted by molar-refractivity contribution is 0.519. The second kappa shape index (κ2) is 7.96. The van der Waals surface area contributed by atoms with Crippen LogP contribution in [0.5, 0.6) is 0 Å². The van der Waals surface area contributed by atoms with Crippen molar-refractivity contribution in [2.45, 2.75) is 32.9 Å². The van der Waals surface area contributed by atoms with Crippen LogP contribution in [-0.4, -0.2) is 17.5 Å². The molecule has 0 aliphatic heterocycles. The minimum absolute atomic E-state index is 0.236. The molecule has 0 saturated carbocycles. The first-order valence-electron chi connectivity index (χ1n) is 5.88. The van der Waals surface area contributed by atoms with Gasteiger partial charge in [0.25, 0.3) is 0 Å². The van der Waals surface area contributed by atoms with E-state index in [4.69, 9.17) is 11.6 Å². The van der Waals surface area contributed by atoms with E-state index in [9.17, 15) is 4.39 Å². The number of nitrogens with one attached hydrogen (secondary N) is 1. The van der Waals surface area contributed by atoms with Crippen molar-refractivity contribution in [2.75, 3.05) is 11.5 Å². The van der Waals surface area contributed by atoms with E-state index in [1.807, 2.05) is 11.8 Å². The lowest BCUT2D eigenvalue weighted by atomic mass is 10.2. The van der Waals surface area contributed by atoms with E-state index >= 15 is 0 Å². The first-order valence-corrected chi connectivity index (χ1v) is 7.41. The van der Waals surface area contributed by atoms with Gasteiger partial charge >= 0.3 is 0 Å². The van der Waals surface area contributed by atoms with E-state index in [-0.39, 0.29) is 5.82 Å². The van der Waals surface area contributed by atoms with Crippen LogP contribution in [0.3, 0.4) is 0 Å². The van der Waals surface area contributed by atoms with Crippen LogP contribution in [-0.2, 0) is 6.54 Å². The van der Waals surface area contributed by atoms with Crippen molar-refractivity contribution in [1.82, 2.24) is 5.32 Å². The van der Waals surface area contributed by atoms with E-state index in [0.29, 0.717) is 23.2 Å². The van der Waals surface area contributed by atoms with E-state index in [1.54, 1.807) is 12.1 Å². The Labute approximate surface area is 112 Å². The van der Waals surface area contributed by atoms with Gasteiger partial charge in [0.1, 0.15) is 5.82 Å². The zero-order chi connectivity index (χ0) is 12.7. The van der Waals surface area contributed by atoms with Crippen LogP contribution < -0.4 is 5.32 Å². The molecule has 1 nitrogen and oxygen atoms in total. The molecule has 0 heterocycles. The predicted octanol–water partition coefficient (Wildman–Crippen LogP) is 4.10. The van der Waals surface area contributed by atoms with Crippen LogP contribution in [0, 0.1) is 5.82 Å². The molecular formula is C13H19ClFNS. The van der Waals surface area contributed by atoms with Gasteiger partial charge in [-0.1, -0.05) is 24.6 Å². The standard InChI is InChI=1S/C13H19ClFNS/c1-3-17-7-6-10(2)16-9-11-4-5-12(14)8-13(11)15/h4-5,8,10,16H,3,6-7,9H2,1-2H3. The molecule has 0 amide bonds. The van der Waals surface area contributed by atoms with Gasteiger partial charge in [-0.3, -0.25) is 0 Å². The maximum Gasteiger partial charge on any atom is 0.129 e. The van der Waals surface area contributed by atoms with Crippen molar-refractivity contribution < 1.29 is 4.39 Å². The third kappa shape index (κ3) is 5.75. The predicted molar refractivity (Wildman–Crippen MR) is 75.3 cm³/mol. The summed E-state index contributed by atoms with van der Waals surface area (Å²) < 4.78 is 13.5. The smallest absolute Gasteiger partial charge is 0.129 e. The summed E-state index contributed by atoms with van der Waals surface area (Å²) in [6, 6.07) is 5.22. The molecule has 1 aromatic carbocycles. The largest absolute Gasteiger partial charge is 0.310 e. The first kappa shape index (κ1) is 14.8. The van der Waals surface area contributed by atoms with Gasteiger partial charge in [0.15, 0.2) is 0 Å². The maximum atomic E-state index is 13.5. The van der Waals surface area contributed by atoms with Crippen molar-refractivity contribution in [3.05, 3.63) is 34.6 Å². The highest BCUT2D eigenvalue weighted by atomic mass is 35.5. The fourth-order valence-corrected chi connectivity index (χ4v) is 2.42. The summed E-state index contributed by atoms with van der Waals surface area (Å²) in [4.78, 5) is 0. The molecular weight excluding hydrogens is 257 g/mol. The second-order valence-electron chi connectivity index (χ2n) is 4.00. The van der Waals surface area contributed by atoms with Crippen LogP contribution in [0.15, 0.2) is 18.2 Å². The molecule has 0 aliphatic carbocycles. The van der Waals surface area contributed by atoms with Crippen LogP contribution in [0.25, 0.3) is 0 Å². The van der Waals surface area contributed by atoms with Crippen molar-refractivity contribution >= 4 is 23.4 Å². The molecule has 0 aromatic heterocycles. The minimum Gasteiger partial charge on any atom is -0.310 e. The van der Waals surface area contributed by atoms with Gasteiger partial charge < -0.3 is 5.32 Å².